The second-order valence-corrected chi connectivity index (χ2v) is 6.04. The van der Waals surface area contributed by atoms with Gasteiger partial charge in [-0.2, -0.15) is 4.98 Å². The first-order valence-electron chi connectivity index (χ1n) is 7.78. The summed E-state index contributed by atoms with van der Waals surface area (Å²) in [6, 6.07) is -0.0448. The average molecular weight is 289 g/mol. The summed E-state index contributed by atoms with van der Waals surface area (Å²) >= 11 is 0. The van der Waals surface area contributed by atoms with E-state index in [1.54, 1.807) is 6.26 Å². The number of amides is 1. The molecule has 0 unspecified atom stereocenters. The van der Waals surface area contributed by atoms with Gasteiger partial charge in [-0.1, -0.05) is 5.16 Å². The van der Waals surface area contributed by atoms with E-state index < -0.39 is 0 Å². The molecule has 0 bridgehead atoms. The highest BCUT2D eigenvalue weighted by Gasteiger charge is 2.37. The van der Waals surface area contributed by atoms with Gasteiger partial charge in [-0.25, -0.2) is 0 Å². The number of carbonyl (C=O) groups excluding carboxylic acids is 1. The van der Waals surface area contributed by atoms with Gasteiger partial charge in [-0.3, -0.25) is 4.79 Å². The van der Waals surface area contributed by atoms with Crippen LogP contribution in [0.25, 0.3) is 0 Å². The quantitative estimate of drug-likeness (QED) is 0.854. The van der Waals surface area contributed by atoms with Gasteiger partial charge in [0.15, 0.2) is 5.82 Å². The molecule has 6 nitrogen and oxygen atoms in total. The molecule has 1 saturated heterocycles. The lowest BCUT2D eigenvalue weighted by atomic mass is 10.1. The van der Waals surface area contributed by atoms with E-state index in [0.717, 1.165) is 56.5 Å². The summed E-state index contributed by atoms with van der Waals surface area (Å²) in [7, 11) is 0. The van der Waals surface area contributed by atoms with Gasteiger partial charge in [0.2, 0.25) is 5.89 Å². The third-order valence-electron chi connectivity index (χ3n) is 4.40. The van der Waals surface area contributed by atoms with E-state index in [0.29, 0.717) is 18.3 Å². The molecule has 1 aliphatic carbocycles. The SMILES string of the molecule is O=C(C1=COCCC1)N1CCC[C@H]1c1noc(C2CC2)n1. The lowest BCUT2D eigenvalue weighted by Crippen LogP contribution is -2.33. The molecule has 21 heavy (non-hydrogen) atoms. The Morgan fingerprint density at radius 3 is 2.95 bits per heavy atom. The molecular formula is C15H19N3O3. The molecule has 112 valence electrons. The number of likely N-dealkylation sites (tertiary alicyclic amines) is 1. The van der Waals surface area contributed by atoms with E-state index in [1.165, 1.54) is 0 Å². The Morgan fingerprint density at radius 1 is 1.29 bits per heavy atom. The molecule has 2 aliphatic heterocycles. The van der Waals surface area contributed by atoms with Crippen LogP contribution in [-0.4, -0.2) is 34.1 Å². The van der Waals surface area contributed by atoms with Crippen molar-refractivity contribution in [3.05, 3.63) is 23.6 Å². The normalized spacial score (nSPS) is 25.6. The van der Waals surface area contributed by atoms with Gasteiger partial charge in [-0.15, -0.1) is 0 Å². The second kappa shape index (κ2) is 5.16. The van der Waals surface area contributed by atoms with Gasteiger partial charge in [0.1, 0.15) is 0 Å². The second-order valence-electron chi connectivity index (χ2n) is 6.04. The van der Waals surface area contributed by atoms with Gasteiger partial charge < -0.3 is 14.2 Å². The van der Waals surface area contributed by atoms with Gasteiger partial charge in [0.25, 0.3) is 5.91 Å². The van der Waals surface area contributed by atoms with E-state index in [9.17, 15) is 4.79 Å². The predicted octanol–water partition coefficient (Wildman–Crippen LogP) is 2.30. The van der Waals surface area contributed by atoms with Gasteiger partial charge >= 0.3 is 0 Å². The van der Waals surface area contributed by atoms with Crippen LogP contribution in [0.4, 0.5) is 0 Å². The van der Waals surface area contributed by atoms with Gasteiger partial charge in [0, 0.05) is 12.5 Å². The lowest BCUT2D eigenvalue weighted by molar-refractivity contribution is -0.128. The van der Waals surface area contributed by atoms with Crippen LogP contribution in [0.3, 0.4) is 0 Å². The Kier molecular flexibility index (Phi) is 3.16. The number of rotatable bonds is 3. The number of aromatic nitrogens is 2. The molecule has 1 aromatic rings. The third kappa shape index (κ3) is 2.43. The van der Waals surface area contributed by atoms with E-state index in [4.69, 9.17) is 9.26 Å². The zero-order valence-electron chi connectivity index (χ0n) is 12.0. The molecule has 0 radical (unpaired) electrons. The first-order chi connectivity index (χ1) is 10.3. The molecule has 6 heteroatoms. The summed E-state index contributed by atoms with van der Waals surface area (Å²) in [5, 5.41) is 4.11. The Labute approximate surface area is 123 Å². The van der Waals surface area contributed by atoms with E-state index in [2.05, 4.69) is 10.1 Å². The monoisotopic (exact) mass is 289 g/mol. The third-order valence-corrected chi connectivity index (χ3v) is 4.40. The van der Waals surface area contributed by atoms with Crippen molar-refractivity contribution < 1.29 is 14.1 Å². The maximum absolute atomic E-state index is 12.6. The van der Waals surface area contributed by atoms with Crippen molar-refractivity contribution in [3.8, 4) is 0 Å². The molecule has 1 saturated carbocycles. The smallest absolute Gasteiger partial charge is 0.253 e. The Bertz CT molecular complexity index is 576. The van der Waals surface area contributed by atoms with Crippen LogP contribution < -0.4 is 0 Å². The topological polar surface area (TPSA) is 68.5 Å². The number of hydrogen-bond donors (Lipinski definition) is 0. The van der Waals surface area contributed by atoms with Crippen molar-refractivity contribution in [3.63, 3.8) is 0 Å². The van der Waals surface area contributed by atoms with Crippen molar-refractivity contribution >= 4 is 5.91 Å². The van der Waals surface area contributed by atoms with Crippen molar-refractivity contribution in [1.82, 2.24) is 15.0 Å². The zero-order valence-corrected chi connectivity index (χ0v) is 12.0. The summed E-state index contributed by atoms with van der Waals surface area (Å²) < 4.78 is 10.6. The van der Waals surface area contributed by atoms with Crippen LogP contribution in [-0.2, 0) is 9.53 Å². The molecule has 3 heterocycles. The maximum atomic E-state index is 12.6. The number of nitrogens with zero attached hydrogens (tertiary/aromatic N) is 3. The maximum Gasteiger partial charge on any atom is 0.253 e. The minimum atomic E-state index is -0.0448. The van der Waals surface area contributed by atoms with E-state index >= 15 is 0 Å². The molecule has 1 atom stereocenters. The highest BCUT2D eigenvalue weighted by Crippen LogP contribution is 2.40. The van der Waals surface area contributed by atoms with Crippen molar-refractivity contribution in [1.29, 1.82) is 0 Å². The number of hydrogen-bond acceptors (Lipinski definition) is 5. The van der Waals surface area contributed by atoms with Crippen LogP contribution in [0, 0.1) is 0 Å². The minimum absolute atomic E-state index is 0.0448. The summed E-state index contributed by atoms with van der Waals surface area (Å²) in [6.07, 6.45) is 7.48. The minimum Gasteiger partial charge on any atom is -0.501 e. The first kappa shape index (κ1) is 12.9. The molecule has 0 aromatic carbocycles. The van der Waals surface area contributed by atoms with Crippen LogP contribution in [0.15, 0.2) is 16.4 Å². The van der Waals surface area contributed by atoms with Crippen molar-refractivity contribution in [2.24, 2.45) is 0 Å². The summed E-state index contributed by atoms with van der Waals surface area (Å²) in [5.41, 5.74) is 0.763. The molecule has 4 rings (SSSR count). The number of carbonyl (C=O) groups is 1. The standard InChI is InChI=1S/C15H19N3O3/c19-15(11-3-2-8-20-9-11)18-7-1-4-12(18)13-16-14(21-17-13)10-5-6-10/h9-10,12H,1-8H2/t12-/m0/s1. The van der Waals surface area contributed by atoms with Crippen LogP contribution in [0.2, 0.25) is 0 Å². The lowest BCUT2D eigenvalue weighted by Gasteiger charge is -2.24. The van der Waals surface area contributed by atoms with Gasteiger partial charge in [-0.05, 0) is 38.5 Å². The molecule has 2 fully saturated rings. The Balaban J connectivity index is 1.53. The van der Waals surface area contributed by atoms with Gasteiger partial charge in [0.05, 0.1) is 24.5 Å². The highest BCUT2D eigenvalue weighted by atomic mass is 16.5. The molecule has 1 aromatic heterocycles. The van der Waals surface area contributed by atoms with Crippen LogP contribution >= 0.6 is 0 Å². The first-order valence-corrected chi connectivity index (χ1v) is 7.78. The van der Waals surface area contributed by atoms with E-state index in [-0.39, 0.29) is 11.9 Å². The Hall–Kier alpha value is -1.85. The summed E-state index contributed by atoms with van der Waals surface area (Å²) in [5.74, 6) is 1.92. The molecule has 0 spiro atoms. The van der Waals surface area contributed by atoms with Crippen LogP contribution in [0.1, 0.15) is 62.2 Å². The van der Waals surface area contributed by atoms with Crippen molar-refractivity contribution in [2.45, 2.75) is 50.5 Å². The highest BCUT2D eigenvalue weighted by molar-refractivity contribution is 5.93. The Morgan fingerprint density at radius 2 is 2.19 bits per heavy atom. The molecular weight excluding hydrogens is 270 g/mol. The van der Waals surface area contributed by atoms with Crippen molar-refractivity contribution in [2.75, 3.05) is 13.2 Å². The van der Waals surface area contributed by atoms with Crippen LogP contribution in [0.5, 0.6) is 0 Å². The number of ether oxygens (including phenoxy) is 1. The molecule has 3 aliphatic rings. The average Bonchev–Trinajstić information content (AvgIpc) is 3.07. The fourth-order valence-corrected chi connectivity index (χ4v) is 3.06. The largest absolute Gasteiger partial charge is 0.501 e. The fourth-order valence-electron chi connectivity index (χ4n) is 3.06. The summed E-state index contributed by atoms with van der Waals surface area (Å²) in [6.45, 7) is 1.46. The zero-order chi connectivity index (χ0) is 14.2. The predicted molar refractivity (Wildman–Crippen MR) is 73.2 cm³/mol. The summed E-state index contributed by atoms with van der Waals surface area (Å²) in [4.78, 5) is 19.0. The fraction of sp³-hybridized carbons (Fsp3) is 0.667. The molecule has 0 N–H and O–H groups in total. The van der Waals surface area contributed by atoms with E-state index in [1.807, 2.05) is 4.90 Å². The molecule has 1 amide bonds.